The molecule has 0 bridgehead atoms. The van der Waals surface area contributed by atoms with Crippen LogP contribution in [0.5, 0.6) is 5.75 Å². The Hall–Kier alpha value is -1.55. The summed E-state index contributed by atoms with van der Waals surface area (Å²) < 4.78 is 5.54. The molecule has 0 radical (unpaired) electrons. The summed E-state index contributed by atoms with van der Waals surface area (Å²) in [5.74, 6) is 0.867. The van der Waals surface area contributed by atoms with Crippen LogP contribution in [0.2, 0.25) is 0 Å². The number of carbonyl (C=O) groups excluding carboxylic acids is 1. The second-order valence-corrected chi connectivity index (χ2v) is 3.86. The highest BCUT2D eigenvalue weighted by Gasteiger charge is 2.47. The van der Waals surface area contributed by atoms with Gasteiger partial charge < -0.3 is 10.1 Å². The maximum Gasteiger partial charge on any atom is 0.246 e. The van der Waals surface area contributed by atoms with Crippen LogP contribution in [0.1, 0.15) is 12.0 Å². The average molecular weight is 204 g/mol. The van der Waals surface area contributed by atoms with Crippen LogP contribution in [0.15, 0.2) is 24.3 Å². The summed E-state index contributed by atoms with van der Waals surface area (Å²) in [4.78, 5) is 11.9. The Balaban J connectivity index is 2.16. The molecule has 1 aromatic carbocycles. The van der Waals surface area contributed by atoms with Crippen molar-refractivity contribution in [3.63, 3.8) is 0 Å². The van der Waals surface area contributed by atoms with Crippen molar-refractivity contribution < 1.29 is 9.53 Å². The van der Waals surface area contributed by atoms with Crippen LogP contribution in [-0.2, 0) is 10.3 Å². The van der Waals surface area contributed by atoms with Gasteiger partial charge in [-0.15, -0.1) is 0 Å². The van der Waals surface area contributed by atoms with Crippen LogP contribution in [0, 0.1) is 0 Å². The molecule has 0 aliphatic carbocycles. The van der Waals surface area contributed by atoms with Gasteiger partial charge in [0.05, 0.1) is 13.3 Å². The number of nitrogens with one attached hydrogen (secondary N) is 2. The SMILES string of the molecule is O=C1NCNC12CCOc1ccccc12. The highest BCUT2D eigenvalue weighted by Crippen LogP contribution is 2.38. The first-order valence-electron chi connectivity index (χ1n) is 5.08. The van der Waals surface area contributed by atoms with Crippen molar-refractivity contribution in [2.45, 2.75) is 12.0 Å². The molecule has 2 heterocycles. The van der Waals surface area contributed by atoms with Gasteiger partial charge in [0, 0.05) is 12.0 Å². The summed E-state index contributed by atoms with van der Waals surface area (Å²) >= 11 is 0. The Bertz CT molecular complexity index is 419. The Morgan fingerprint density at radius 1 is 1.33 bits per heavy atom. The van der Waals surface area contributed by atoms with Crippen molar-refractivity contribution in [2.75, 3.05) is 13.3 Å². The van der Waals surface area contributed by atoms with Crippen molar-refractivity contribution in [3.05, 3.63) is 29.8 Å². The predicted molar refractivity (Wildman–Crippen MR) is 54.4 cm³/mol. The Kier molecular flexibility index (Phi) is 1.73. The maximum absolute atomic E-state index is 11.9. The molecular formula is C11H12N2O2. The van der Waals surface area contributed by atoms with E-state index in [1.165, 1.54) is 0 Å². The number of carbonyl (C=O) groups is 1. The molecule has 15 heavy (non-hydrogen) atoms. The van der Waals surface area contributed by atoms with E-state index in [0.29, 0.717) is 19.7 Å². The van der Waals surface area contributed by atoms with E-state index in [-0.39, 0.29) is 5.91 Å². The molecule has 1 spiro atoms. The Morgan fingerprint density at radius 2 is 2.20 bits per heavy atom. The van der Waals surface area contributed by atoms with Gasteiger partial charge in [0.15, 0.2) is 0 Å². The molecule has 1 unspecified atom stereocenters. The molecule has 78 valence electrons. The van der Waals surface area contributed by atoms with E-state index in [9.17, 15) is 4.79 Å². The van der Waals surface area contributed by atoms with Gasteiger partial charge in [0.25, 0.3) is 0 Å². The fourth-order valence-corrected chi connectivity index (χ4v) is 2.32. The lowest BCUT2D eigenvalue weighted by Gasteiger charge is -2.33. The van der Waals surface area contributed by atoms with E-state index in [0.717, 1.165) is 11.3 Å². The first-order valence-corrected chi connectivity index (χ1v) is 5.08. The Labute approximate surface area is 87.6 Å². The van der Waals surface area contributed by atoms with Crippen LogP contribution in [-0.4, -0.2) is 19.2 Å². The predicted octanol–water partition coefficient (Wildman–Crippen LogP) is 0.341. The standard InChI is InChI=1S/C11H12N2O2/c14-10-11(13-7-12-10)5-6-15-9-4-2-1-3-8(9)11/h1-4,13H,5-7H2,(H,12,14). The van der Waals surface area contributed by atoms with Crippen molar-refractivity contribution in [3.8, 4) is 5.75 Å². The fraction of sp³-hybridized carbons (Fsp3) is 0.364. The monoisotopic (exact) mass is 204 g/mol. The highest BCUT2D eigenvalue weighted by molar-refractivity contribution is 5.90. The molecule has 0 aromatic heterocycles. The van der Waals surface area contributed by atoms with Crippen LogP contribution < -0.4 is 15.4 Å². The zero-order valence-electron chi connectivity index (χ0n) is 8.25. The lowest BCUT2D eigenvalue weighted by atomic mass is 9.85. The molecular weight excluding hydrogens is 192 g/mol. The van der Waals surface area contributed by atoms with Crippen molar-refractivity contribution in [1.82, 2.24) is 10.6 Å². The van der Waals surface area contributed by atoms with Gasteiger partial charge in [0.2, 0.25) is 5.91 Å². The topological polar surface area (TPSA) is 50.4 Å². The first kappa shape index (κ1) is 8.73. The molecule has 1 atom stereocenters. The summed E-state index contributed by atoms with van der Waals surface area (Å²) in [7, 11) is 0. The third-order valence-corrected chi connectivity index (χ3v) is 3.11. The van der Waals surface area contributed by atoms with E-state index < -0.39 is 5.54 Å². The van der Waals surface area contributed by atoms with Crippen LogP contribution in [0.4, 0.5) is 0 Å². The number of hydrogen-bond acceptors (Lipinski definition) is 3. The van der Waals surface area contributed by atoms with Gasteiger partial charge in [-0.1, -0.05) is 18.2 Å². The van der Waals surface area contributed by atoms with Crippen molar-refractivity contribution in [1.29, 1.82) is 0 Å². The van der Waals surface area contributed by atoms with Gasteiger partial charge in [-0.3, -0.25) is 10.1 Å². The van der Waals surface area contributed by atoms with Crippen LogP contribution in [0.25, 0.3) is 0 Å². The number of rotatable bonds is 0. The van der Waals surface area contributed by atoms with Crippen molar-refractivity contribution in [2.24, 2.45) is 0 Å². The van der Waals surface area contributed by atoms with E-state index in [1.54, 1.807) is 0 Å². The first-order chi connectivity index (χ1) is 7.33. The largest absolute Gasteiger partial charge is 0.493 e. The van der Waals surface area contributed by atoms with Gasteiger partial charge in [0.1, 0.15) is 11.3 Å². The van der Waals surface area contributed by atoms with Gasteiger partial charge in [-0.2, -0.15) is 0 Å². The number of benzene rings is 1. The molecule has 4 heteroatoms. The molecule has 1 amide bonds. The second kappa shape index (κ2) is 2.97. The minimum absolute atomic E-state index is 0.0539. The number of ether oxygens (including phenoxy) is 1. The molecule has 1 fully saturated rings. The van der Waals surface area contributed by atoms with E-state index >= 15 is 0 Å². The molecule has 2 aliphatic rings. The molecule has 1 aromatic rings. The number of hydrogen-bond donors (Lipinski definition) is 2. The molecule has 1 saturated heterocycles. The molecule has 2 aliphatic heterocycles. The van der Waals surface area contributed by atoms with Crippen molar-refractivity contribution >= 4 is 5.91 Å². The number of amides is 1. The maximum atomic E-state index is 11.9. The summed E-state index contributed by atoms with van der Waals surface area (Å²) in [6.45, 7) is 1.12. The number of fused-ring (bicyclic) bond motifs is 2. The third kappa shape index (κ3) is 1.08. The summed E-state index contributed by atoms with van der Waals surface area (Å²) in [5, 5.41) is 6.05. The quantitative estimate of drug-likeness (QED) is 0.640. The summed E-state index contributed by atoms with van der Waals surface area (Å²) in [6.07, 6.45) is 0.690. The number of para-hydroxylation sites is 1. The third-order valence-electron chi connectivity index (χ3n) is 3.11. The van der Waals surface area contributed by atoms with Gasteiger partial charge >= 0.3 is 0 Å². The molecule has 0 saturated carbocycles. The zero-order valence-corrected chi connectivity index (χ0v) is 8.25. The molecule has 3 rings (SSSR count). The van der Waals surface area contributed by atoms with E-state index in [2.05, 4.69) is 10.6 Å². The van der Waals surface area contributed by atoms with E-state index in [4.69, 9.17) is 4.74 Å². The smallest absolute Gasteiger partial charge is 0.246 e. The lowest BCUT2D eigenvalue weighted by Crippen LogP contribution is -2.46. The second-order valence-electron chi connectivity index (χ2n) is 3.86. The normalized spacial score (nSPS) is 28.4. The van der Waals surface area contributed by atoms with Crippen LogP contribution >= 0.6 is 0 Å². The van der Waals surface area contributed by atoms with Gasteiger partial charge in [-0.05, 0) is 6.07 Å². The molecule has 2 N–H and O–H groups in total. The Morgan fingerprint density at radius 3 is 3.00 bits per heavy atom. The average Bonchev–Trinajstić information content (AvgIpc) is 2.62. The van der Waals surface area contributed by atoms with Crippen LogP contribution in [0.3, 0.4) is 0 Å². The zero-order chi connectivity index (χ0) is 10.3. The highest BCUT2D eigenvalue weighted by atomic mass is 16.5. The minimum Gasteiger partial charge on any atom is -0.493 e. The van der Waals surface area contributed by atoms with Gasteiger partial charge in [-0.25, -0.2) is 0 Å². The lowest BCUT2D eigenvalue weighted by molar-refractivity contribution is -0.125. The molecule has 4 nitrogen and oxygen atoms in total. The summed E-state index contributed by atoms with van der Waals surface area (Å²) in [5.41, 5.74) is 0.390. The minimum atomic E-state index is -0.561. The van der Waals surface area contributed by atoms with E-state index in [1.807, 2.05) is 24.3 Å². The summed E-state index contributed by atoms with van der Waals surface area (Å²) in [6, 6.07) is 7.71. The fourth-order valence-electron chi connectivity index (χ4n) is 2.32.